The van der Waals surface area contributed by atoms with Crippen LogP contribution in [0.15, 0.2) is 48.7 Å². The van der Waals surface area contributed by atoms with Gasteiger partial charge in [-0.1, -0.05) is 5.21 Å². The summed E-state index contributed by atoms with van der Waals surface area (Å²) >= 11 is 0. The number of aliphatic hydroxyl groups is 6. The Labute approximate surface area is 403 Å². The Hall–Kier alpha value is -4.11. The standard InChI is InChI=1S/C44H69N13O13/c1-55-8-10-56(11-9-55)23-4-7-27-28(14-23)52-41(51-27)21-2-5-24(6-3-21)65-19-22-18-57(54-53-22)12-13-64-42(29(58)20-66-43-32(49)37(62)35(60)30(16-45)67-43)70-40-34(59)25(47)15-26(48)39(40)69-44-33(50)38(63)36(61)31(17-46)68-44/h2-7,14,18,25-26,29-40,42-44,58-63H,8-13,15-17,19-20,45-50H2,1H3,(H,51,52)/t25-,26?,29?,30?,31?,32?,33?,34?,35-,36-,37?,38?,39-,40?,42?,43+,44-/m1/s1. The molecule has 1 aliphatic carbocycles. The SMILES string of the molecule is CN1CCN(c2ccc3nc(-c4ccc(OCc5cn(CCOC(OC6C(O)[C@H](N)CC(N)[C@H]6O[C@H]6OC(CN)[C@@H](O)C(O)C6N)C(O)CO[C@H]6OC(CN)[C@@H](O)C(O)C6N)nn5)cc4)[nH]c3c2)CC1. The van der Waals surface area contributed by atoms with Gasteiger partial charge in [0.25, 0.3) is 0 Å². The zero-order valence-corrected chi connectivity index (χ0v) is 38.9. The first-order valence-electron chi connectivity index (χ1n) is 23.5. The molecule has 0 amide bonds. The molecule has 26 heteroatoms. The average Bonchev–Trinajstić information content (AvgIpc) is 4.01. The lowest BCUT2D eigenvalue weighted by molar-refractivity contribution is -0.316. The number of nitrogens with one attached hydrogen (secondary N) is 1. The number of hydrogen-bond acceptors (Lipinski definition) is 24. The van der Waals surface area contributed by atoms with Crippen molar-refractivity contribution in [3.05, 3.63) is 54.4 Å². The topological polar surface area (TPSA) is 408 Å². The van der Waals surface area contributed by atoms with Crippen molar-refractivity contribution in [2.75, 3.05) is 64.4 Å². The van der Waals surface area contributed by atoms with Gasteiger partial charge in [-0.2, -0.15) is 0 Å². The van der Waals surface area contributed by atoms with Crippen molar-refractivity contribution in [3.63, 3.8) is 0 Å². The van der Waals surface area contributed by atoms with Gasteiger partial charge in [-0.25, -0.2) is 9.67 Å². The fourth-order valence-electron chi connectivity index (χ4n) is 9.03. The van der Waals surface area contributed by atoms with Crippen LogP contribution in [0.25, 0.3) is 22.4 Å². The van der Waals surface area contributed by atoms with Crippen LogP contribution in [0, 0.1) is 0 Å². The summed E-state index contributed by atoms with van der Waals surface area (Å²) in [5.74, 6) is 1.35. The molecule has 0 bridgehead atoms. The van der Waals surface area contributed by atoms with Crippen LogP contribution in [0.4, 0.5) is 5.69 Å². The van der Waals surface area contributed by atoms with E-state index < -0.39 is 111 Å². The smallest absolute Gasteiger partial charge is 0.186 e. The highest BCUT2D eigenvalue weighted by atomic mass is 16.7. The van der Waals surface area contributed by atoms with Gasteiger partial charge in [0.1, 0.15) is 78.8 Å². The van der Waals surface area contributed by atoms with E-state index in [1.165, 1.54) is 10.4 Å². The number of fused-ring (bicyclic) bond motifs is 1. The van der Waals surface area contributed by atoms with Gasteiger partial charge >= 0.3 is 0 Å². The molecular weight excluding hydrogens is 919 g/mol. The van der Waals surface area contributed by atoms with E-state index in [2.05, 4.69) is 44.3 Å². The third-order valence-electron chi connectivity index (χ3n) is 13.4. The van der Waals surface area contributed by atoms with E-state index in [0.29, 0.717) is 11.4 Å². The van der Waals surface area contributed by atoms with Crippen molar-refractivity contribution in [2.45, 2.75) is 124 Å². The highest BCUT2D eigenvalue weighted by Gasteiger charge is 2.50. The summed E-state index contributed by atoms with van der Waals surface area (Å²) in [4.78, 5) is 13.0. The summed E-state index contributed by atoms with van der Waals surface area (Å²) in [6.45, 7) is 3.16. The molecule has 70 heavy (non-hydrogen) atoms. The molecule has 388 valence electrons. The Bertz CT molecular complexity index is 2250. The van der Waals surface area contributed by atoms with Crippen molar-refractivity contribution in [1.29, 1.82) is 0 Å². The molecule has 3 aliphatic heterocycles. The molecule has 4 aliphatic rings. The number of aliphatic hydroxyl groups excluding tert-OH is 6. The van der Waals surface area contributed by atoms with Crippen LogP contribution in [-0.4, -0.2) is 224 Å². The minimum atomic E-state index is -1.64. The lowest BCUT2D eigenvalue weighted by Crippen LogP contribution is -2.68. The number of likely N-dealkylation sites (N-methyl/N-ethyl adjacent to an activating group) is 1. The van der Waals surface area contributed by atoms with Gasteiger partial charge in [-0.15, -0.1) is 5.10 Å². The summed E-state index contributed by atoms with van der Waals surface area (Å²) in [6, 6.07) is 9.56. The van der Waals surface area contributed by atoms with Crippen molar-refractivity contribution in [3.8, 4) is 17.1 Å². The molecule has 8 rings (SSSR count). The lowest BCUT2D eigenvalue weighted by Gasteiger charge is -2.47. The lowest BCUT2D eigenvalue weighted by atomic mass is 9.84. The van der Waals surface area contributed by atoms with Crippen LogP contribution in [0.5, 0.6) is 5.75 Å². The molecule has 0 radical (unpaired) electrons. The minimum Gasteiger partial charge on any atom is -0.487 e. The molecule has 5 heterocycles. The number of piperazine rings is 1. The number of ether oxygens (including phenoxy) is 7. The number of anilines is 1. The molecular formula is C44H69N13O13. The van der Waals surface area contributed by atoms with Crippen LogP contribution in [0.3, 0.4) is 0 Å². The van der Waals surface area contributed by atoms with Crippen LogP contribution >= 0.6 is 0 Å². The van der Waals surface area contributed by atoms with Gasteiger partial charge < -0.3 is 113 Å². The summed E-state index contributed by atoms with van der Waals surface area (Å²) in [7, 11) is 2.14. The van der Waals surface area contributed by atoms with Crippen molar-refractivity contribution in [1.82, 2.24) is 29.9 Å². The van der Waals surface area contributed by atoms with Crippen LogP contribution in [0.1, 0.15) is 12.1 Å². The molecule has 4 fully saturated rings. The fraction of sp³-hybridized carbons (Fsp3) is 0.659. The van der Waals surface area contributed by atoms with E-state index in [1.54, 1.807) is 6.20 Å². The average molecular weight is 988 g/mol. The highest BCUT2D eigenvalue weighted by molar-refractivity contribution is 5.83. The predicted octanol–water partition coefficient (Wildman–Crippen LogP) is -5.47. The Morgan fingerprint density at radius 1 is 0.814 bits per heavy atom. The maximum Gasteiger partial charge on any atom is 0.186 e. The number of benzene rings is 2. The van der Waals surface area contributed by atoms with Gasteiger partial charge in [0.2, 0.25) is 0 Å². The Morgan fingerprint density at radius 2 is 1.49 bits per heavy atom. The second-order valence-corrected chi connectivity index (χ2v) is 18.4. The third-order valence-corrected chi connectivity index (χ3v) is 13.4. The minimum absolute atomic E-state index is 0.0638. The molecule has 1 saturated carbocycles. The van der Waals surface area contributed by atoms with Gasteiger partial charge in [0.15, 0.2) is 18.9 Å². The second kappa shape index (κ2) is 23.2. The molecule has 19 N–H and O–H groups in total. The molecule has 2 aromatic carbocycles. The fourth-order valence-corrected chi connectivity index (χ4v) is 9.03. The largest absolute Gasteiger partial charge is 0.487 e. The first kappa shape index (κ1) is 52.2. The zero-order chi connectivity index (χ0) is 49.8. The number of hydrogen-bond donors (Lipinski definition) is 13. The summed E-state index contributed by atoms with van der Waals surface area (Å²) in [6.07, 6.45) is -16.0. The molecule has 11 unspecified atom stereocenters. The van der Waals surface area contributed by atoms with E-state index in [0.717, 1.165) is 48.6 Å². The van der Waals surface area contributed by atoms with E-state index in [9.17, 15) is 30.6 Å². The predicted molar refractivity (Wildman–Crippen MR) is 249 cm³/mol. The number of rotatable bonds is 19. The Balaban J connectivity index is 0.900. The first-order chi connectivity index (χ1) is 33.6. The monoisotopic (exact) mass is 988 g/mol. The zero-order valence-electron chi connectivity index (χ0n) is 38.9. The van der Waals surface area contributed by atoms with E-state index in [4.69, 9.17) is 72.5 Å². The molecule has 26 nitrogen and oxygen atoms in total. The van der Waals surface area contributed by atoms with Gasteiger partial charge in [0, 0.05) is 62.6 Å². The first-order valence-corrected chi connectivity index (χ1v) is 23.5. The van der Waals surface area contributed by atoms with Gasteiger partial charge in [-0.05, 0) is 55.9 Å². The van der Waals surface area contributed by atoms with Gasteiger partial charge in [-0.3, -0.25) is 0 Å². The Morgan fingerprint density at radius 3 is 2.17 bits per heavy atom. The number of nitrogens with zero attached hydrogens (tertiary/aromatic N) is 6. The number of nitrogens with two attached hydrogens (primary N) is 6. The van der Waals surface area contributed by atoms with Crippen LogP contribution in [0.2, 0.25) is 0 Å². The summed E-state index contributed by atoms with van der Waals surface area (Å²) in [5.41, 5.74) is 41.0. The van der Waals surface area contributed by atoms with E-state index in [1.807, 2.05) is 30.3 Å². The van der Waals surface area contributed by atoms with Crippen LogP contribution in [-0.2, 0) is 41.6 Å². The number of H-pyrrole nitrogens is 1. The van der Waals surface area contributed by atoms with Crippen molar-refractivity contribution in [2.24, 2.45) is 34.4 Å². The van der Waals surface area contributed by atoms with Crippen molar-refractivity contribution >= 4 is 16.7 Å². The summed E-state index contributed by atoms with van der Waals surface area (Å²) < 4.78 is 43.3. The third kappa shape index (κ3) is 11.9. The van der Waals surface area contributed by atoms with Gasteiger partial charge in [0.05, 0.1) is 55.2 Å². The molecule has 0 spiro atoms. The maximum absolute atomic E-state index is 11.6. The molecule has 3 saturated heterocycles. The number of imidazole rings is 1. The van der Waals surface area contributed by atoms with E-state index >= 15 is 0 Å². The number of aromatic nitrogens is 5. The number of aromatic amines is 1. The molecule has 4 aromatic rings. The molecule has 17 atom stereocenters. The summed E-state index contributed by atoms with van der Waals surface area (Å²) in [5, 5.41) is 73.3. The maximum atomic E-state index is 11.6. The van der Waals surface area contributed by atoms with Crippen LogP contribution < -0.4 is 44.0 Å². The van der Waals surface area contributed by atoms with E-state index in [-0.39, 0.29) is 39.3 Å². The quantitative estimate of drug-likeness (QED) is 0.0390. The molecule has 2 aromatic heterocycles. The normalized spacial score (nSPS) is 34.2. The van der Waals surface area contributed by atoms with Crippen molar-refractivity contribution < 1.29 is 63.8 Å². The second-order valence-electron chi connectivity index (χ2n) is 18.4. The Kier molecular flexibility index (Phi) is 17.3. The highest BCUT2D eigenvalue weighted by Crippen LogP contribution is 2.31.